The van der Waals surface area contributed by atoms with Gasteiger partial charge < -0.3 is 5.32 Å². The summed E-state index contributed by atoms with van der Waals surface area (Å²) in [7, 11) is 0. The highest BCUT2D eigenvalue weighted by molar-refractivity contribution is 6.35. The van der Waals surface area contributed by atoms with Crippen LogP contribution >= 0.6 is 23.2 Å². The van der Waals surface area contributed by atoms with E-state index in [1.165, 1.54) is 12.1 Å². The fraction of sp³-hybridized carbons (Fsp3) is 0.286. The van der Waals surface area contributed by atoms with Gasteiger partial charge in [-0.2, -0.15) is 13.2 Å². The lowest BCUT2D eigenvalue weighted by Crippen LogP contribution is -2.42. The van der Waals surface area contributed by atoms with E-state index in [0.717, 1.165) is 37.1 Å². The van der Waals surface area contributed by atoms with Crippen molar-refractivity contribution < 1.29 is 31.6 Å². The van der Waals surface area contributed by atoms with Crippen LogP contribution in [0.25, 0.3) is 5.70 Å². The van der Waals surface area contributed by atoms with E-state index in [1.54, 1.807) is 0 Å². The number of rotatable bonds is 5. The minimum atomic E-state index is -4.98. The molecule has 11 heteroatoms. The van der Waals surface area contributed by atoms with Crippen LogP contribution in [0.15, 0.2) is 36.4 Å². The van der Waals surface area contributed by atoms with E-state index in [0.29, 0.717) is 0 Å². The second kappa shape index (κ2) is 8.20. The highest BCUT2D eigenvalue weighted by atomic mass is 35.5. The molecule has 1 heterocycles. The maximum atomic E-state index is 14.2. The number of carbonyl (C=O) groups is 1. The van der Waals surface area contributed by atoms with E-state index in [4.69, 9.17) is 28.0 Å². The summed E-state index contributed by atoms with van der Waals surface area (Å²) in [6.07, 6.45) is -2.68. The Labute approximate surface area is 189 Å². The first-order valence-electron chi connectivity index (χ1n) is 9.47. The van der Waals surface area contributed by atoms with Crippen molar-refractivity contribution in [3.63, 3.8) is 0 Å². The number of alkyl halides is 3. The lowest BCUT2D eigenvalue weighted by atomic mass is 9.91. The van der Waals surface area contributed by atoms with Crippen molar-refractivity contribution in [3.05, 3.63) is 74.8 Å². The van der Waals surface area contributed by atoms with E-state index < -0.39 is 39.0 Å². The van der Waals surface area contributed by atoms with Crippen LogP contribution in [0.5, 0.6) is 0 Å². The van der Waals surface area contributed by atoms with E-state index >= 15 is 0 Å². The minimum absolute atomic E-state index is 0.0735. The zero-order valence-electron chi connectivity index (χ0n) is 16.1. The molecule has 2 aliphatic rings. The van der Waals surface area contributed by atoms with Gasteiger partial charge in [0.15, 0.2) is 5.82 Å². The smallest absolute Gasteiger partial charge is 0.352 e. The predicted octanol–water partition coefficient (Wildman–Crippen LogP) is 5.63. The van der Waals surface area contributed by atoms with Gasteiger partial charge in [0.25, 0.3) is 0 Å². The van der Waals surface area contributed by atoms with Crippen LogP contribution in [0.1, 0.15) is 29.5 Å². The molecule has 1 saturated carbocycles. The SMILES string of the molecule is O=C(NCc1cc(C2=CC(c3cc(Cl)c(F)c(Cl)c3)(C(F)(F)F)ON2)ccc1F)C1CC1. The molecule has 2 N–H and O–H groups in total. The first kappa shape index (κ1) is 22.8. The highest BCUT2D eigenvalue weighted by Crippen LogP contribution is 2.48. The number of amides is 1. The lowest BCUT2D eigenvalue weighted by Gasteiger charge is -2.28. The Bertz CT molecular complexity index is 1090. The highest BCUT2D eigenvalue weighted by Gasteiger charge is 2.59. The molecular weight excluding hydrogens is 478 g/mol. The second-order valence-electron chi connectivity index (χ2n) is 7.55. The Balaban J connectivity index is 1.69. The second-order valence-corrected chi connectivity index (χ2v) is 8.36. The van der Waals surface area contributed by atoms with Crippen LogP contribution in [0.3, 0.4) is 0 Å². The number of benzene rings is 2. The fourth-order valence-corrected chi connectivity index (χ4v) is 3.79. The van der Waals surface area contributed by atoms with Gasteiger partial charge in [0.2, 0.25) is 11.5 Å². The van der Waals surface area contributed by atoms with Crippen LogP contribution in [0.4, 0.5) is 22.0 Å². The van der Waals surface area contributed by atoms with E-state index in [9.17, 15) is 26.7 Å². The van der Waals surface area contributed by atoms with Crippen LogP contribution in [-0.2, 0) is 21.8 Å². The Morgan fingerprint density at radius 3 is 2.41 bits per heavy atom. The quantitative estimate of drug-likeness (QED) is 0.420. The summed E-state index contributed by atoms with van der Waals surface area (Å²) in [5, 5.41) is 1.41. The van der Waals surface area contributed by atoms with Crippen molar-refractivity contribution in [2.24, 2.45) is 5.92 Å². The molecule has 0 spiro atoms. The molecule has 170 valence electrons. The van der Waals surface area contributed by atoms with Crippen LogP contribution in [0, 0.1) is 17.6 Å². The number of nitrogens with one attached hydrogen (secondary N) is 2. The molecule has 4 nitrogen and oxygen atoms in total. The molecule has 1 amide bonds. The molecule has 0 aromatic heterocycles. The van der Waals surface area contributed by atoms with Gasteiger partial charge in [0.05, 0.1) is 15.7 Å². The Morgan fingerprint density at radius 2 is 1.81 bits per heavy atom. The first-order chi connectivity index (χ1) is 15.0. The van der Waals surface area contributed by atoms with Crippen molar-refractivity contribution in [2.45, 2.75) is 31.2 Å². The zero-order valence-corrected chi connectivity index (χ0v) is 17.6. The van der Waals surface area contributed by atoms with Crippen molar-refractivity contribution in [1.82, 2.24) is 10.8 Å². The predicted molar refractivity (Wildman–Crippen MR) is 107 cm³/mol. The third-order valence-electron chi connectivity index (χ3n) is 5.26. The number of hydroxylamine groups is 1. The third-order valence-corrected chi connectivity index (χ3v) is 5.81. The van der Waals surface area contributed by atoms with Crippen LogP contribution in [-0.4, -0.2) is 12.1 Å². The molecule has 1 aliphatic heterocycles. The number of hydrogen-bond acceptors (Lipinski definition) is 3. The molecule has 4 rings (SSSR count). The van der Waals surface area contributed by atoms with E-state index in [2.05, 4.69) is 10.8 Å². The summed E-state index contributed by atoms with van der Waals surface area (Å²) < 4.78 is 70.2. The number of hydrogen-bond donors (Lipinski definition) is 2. The molecule has 0 bridgehead atoms. The lowest BCUT2D eigenvalue weighted by molar-refractivity contribution is -0.269. The van der Waals surface area contributed by atoms with Gasteiger partial charge in [-0.25, -0.2) is 8.78 Å². The van der Waals surface area contributed by atoms with Gasteiger partial charge >= 0.3 is 6.18 Å². The molecule has 1 atom stereocenters. The maximum absolute atomic E-state index is 14.2. The molecule has 2 aromatic carbocycles. The topological polar surface area (TPSA) is 50.4 Å². The Hall–Kier alpha value is -2.36. The fourth-order valence-electron chi connectivity index (χ4n) is 3.31. The summed E-state index contributed by atoms with van der Waals surface area (Å²) in [5.74, 6) is -1.95. The normalized spacial score (nSPS) is 20.7. The molecule has 1 unspecified atom stereocenters. The van der Waals surface area contributed by atoms with Crippen molar-refractivity contribution >= 4 is 34.8 Å². The molecule has 1 aliphatic carbocycles. The molecule has 32 heavy (non-hydrogen) atoms. The number of halogens is 7. The minimum Gasteiger partial charge on any atom is -0.352 e. The average Bonchev–Trinajstić information content (AvgIpc) is 3.48. The van der Waals surface area contributed by atoms with Gasteiger partial charge in [0.1, 0.15) is 5.82 Å². The van der Waals surface area contributed by atoms with Crippen molar-refractivity contribution in [1.29, 1.82) is 0 Å². The standard InChI is InChI=1S/C21H15Cl2F5N2O2/c22-14-6-13(7-15(23)18(14)25)20(21(26,27)28)8-17(30-32-20)11-3-4-16(24)12(5-11)9-29-19(31)10-1-2-10/h3-8,10,30H,1-2,9H2,(H,29,31). The number of carbonyl (C=O) groups excluding carboxylic acids is 1. The van der Waals surface area contributed by atoms with Crippen LogP contribution in [0.2, 0.25) is 10.0 Å². The largest absolute Gasteiger partial charge is 0.428 e. The summed E-state index contributed by atoms with van der Waals surface area (Å²) in [4.78, 5) is 16.8. The van der Waals surface area contributed by atoms with Gasteiger partial charge in [0, 0.05) is 29.2 Å². The molecule has 1 fully saturated rings. The van der Waals surface area contributed by atoms with Gasteiger partial charge in [-0.1, -0.05) is 23.2 Å². The van der Waals surface area contributed by atoms with Gasteiger partial charge in [-0.05, 0) is 49.2 Å². The Morgan fingerprint density at radius 1 is 1.16 bits per heavy atom. The molecule has 0 radical (unpaired) electrons. The van der Waals surface area contributed by atoms with E-state index in [1.807, 2.05) is 0 Å². The third kappa shape index (κ3) is 4.16. The summed E-state index contributed by atoms with van der Waals surface area (Å²) in [6, 6.07) is 5.21. The maximum Gasteiger partial charge on any atom is 0.428 e. The van der Waals surface area contributed by atoms with Crippen molar-refractivity contribution in [2.75, 3.05) is 0 Å². The molecule has 0 saturated heterocycles. The van der Waals surface area contributed by atoms with E-state index in [-0.39, 0.29) is 35.2 Å². The first-order valence-corrected chi connectivity index (χ1v) is 10.2. The summed E-state index contributed by atoms with van der Waals surface area (Å²) in [5.41, 5.74) is -1.16. The van der Waals surface area contributed by atoms with Crippen LogP contribution < -0.4 is 10.8 Å². The Kier molecular flexibility index (Phi) is 5.85. The van der Waals surface area contributed by atoms with Gasteiger partial charge in [-0.15, -0.1) is 0 Å². The zero-order chi connectivity index (χ0) is 23.3. The average molecular weight is 493 g/mol. The van der Waals surface area contributed by atoms with Gasteiger partial charge in [-0.3, -0.25) is 15.1 Å². The monoisotopic (exact) mass is 492 g/mol. The summed E-state index contributed by atoms with van der Waals surface area (Å²) >= 11 is 11.4. The molecule has 2 aromatic rings. The van der Waals surface area contributed by atoms with Crippen molar-refractivity contribution in [3.8, 4) is 0 Å². The summed E-state index contributed by atoms with van der Waals surface area (Å²) in [6.45, 7) is -0.114. The molecular formula is C21H15Cl2F5N2O2.